The highest BCUT2D eigenvalue weighted by atomic mass is 35.5. The predicted molar refractivity (Wildman–Crippen MR) is 84.8 cm³/mol. The first kappa shape index (κ1) is 14.0. The average molecular weight is 305 g/mol. The molecule has 0 saturated heterocycles. The topological polar surface area (TPSA) is 50.4 Å². The summed E-state index contributed by atoms with van der Waals surface area (Å²) >= 11 is 6.09. The number of anilines is 1. The zero-order valence-electron chi connectivity index (χ0n) is 11.3. The number of aliphatic imine (C=N–C) groups is 1. The van der Waals surface area contributed by atoms with Crippen molar-refractivity contribution in [2.24, 2.45) is 10.7 Å². The molecule has 108 valence electrons. The maximum Gasteiger partial charge on any atom is 0.132 e. The normalized spacial score (nSPS) is 17.5. The van der Waals surface area contributed by atoms with Crippen molar-refractivity contribution in [3.05, 3.63) is 64.4 Å². The van der Waals surface area contributed by atoms with E-state index in [0.717, 1.165) is 11.3 Å². The van der Waals surface area contributed by atoms with Gasteiger partial charge in [0.15, 0.2) is 0 Å². The van der Waals surface area contributed by atoms with Crippen molar-refractivity contribution in [3.63, 3.8) is 0 Å². The molecule has 1 atom stereocenters. The molecular weight excluding hydrogens is 290 g/mol. The van der Waals surface area contributed by atoms with Crippen LogP contribution in [0.2, 0.25) is 5.02 Å². The fraction of sp³-hybridized carbons (Fsp3) is 0.188. The lowest BCUT2D eigenvalue weighted by molar-refractivity contribution is 0.625. The number of fused-ring (bicyclic) bond motifs is 1. The molecule has 3 rings (SSSR count). The van der Waals surface area contributed by atoms with Gasteiger partial charge in [0.2, 0.25) is 0 Å². The lowest BCUT2D eigenvalue weighted by Gasteiger charge is -2.15. The predicted octanol–water partition coefficient (Wildman–Crippen LogP) is 3.07. The Morgan fingerprint density at radius 3 is 2.81 bits per heavy atom. The van der Waals surface area contributed by atoms with Gasteiger partial charge < -0.3 is 11.1 Å². The molecule has 5 heteroatoms. The largest absolute Gasteiger partial charge is 0.379 e. The van der Waals surface area contributed by atoms with Gasteiger partial charge in [-0.15, -0.1) is 0 Å². The maximum atomic E-state index is 14.1. The fourth-order valence-corrected chi connectivity index (χ4v) is 2.58. The molecular formula is C16H15ClFN3. The van der Waals surface area contributed by atoms with E-state index in [-0.39, 0.29) is 11.9 Å². The van der Waals surface area contributed by atoms with E-state index < -0.39 is 0 Å². The van der Waals surface area contributed by atoms with Crippen LogP contribution in [-0.2, 0) is 0 Å². The van der Waals surface area contributed by atoms with Gasteiger partial charge in [-0.3, -0.25) is 4.99 Å². The second-order valence-corrected chi connectivity index (χ2v) is 5.37. The summed E-state index contributed by atoms with van der Waals surface area (Å²) in [5.41, 5.74) is 8.48. The number of nitrogens with zero attached hydrogens (tertiary/aromatic N) is 1. The molecule has 0 aromatic heterocycles. The van der Waals surface area contributed by atoms with E-state index in [1.807, 2.05) is 6.07 Å². The third kappa shape index (κ3) is 2.77. The number of hydrogen-bond donors (Lipinski definition) is 2. The van der Waals surface area contributed by atoms with Gasteiger partial charge in [-0.05, 0) is 30.3 Å². The zero-order chi connectivity index (χ0) is 14.8. The number of benzodiazepines with no additional fused rings is 1. The number of nitrogens with one attached hydrogen (secondary N) is 1. The Morgan fingerprint density at radius 1 is 1.24 bits per heavy atom. The van der Waals surface area contributed by atoms with E-state index in [0.29, 0.717) is 29.4 Å². The van der Waals surface area contributed by atoms with Crippen LogP contribution in [-0.4, -0.2) is 24.8 Å². The quantitative estimate of drug-likeness (QED) is 0.838. The zero-order valence-corrected chi connectivity index (χ0v) is 12.1. The molecule has 0 fully saturated rings. The third-order valence-corrected chi connectivity index (χ3v) is 3.71. The number of halogens is 2. The summed E-state index contributed by atoms with van der Waals surface area (Å²) in [6.07, 6.45) is 0. The molecule has 2 aromatic carbocycles. The lowest BCUT2D eigenvalue weighted by atomic mass is 10.00. The number of benzene rings is 2. The summed E-state index contributed by atoms with van der Waals surface area (Å²) < 4.78 is 14.1. The standard InChI is InChI=1S/C16H15ClFN3/c17-10-5-6-15-13(7-10)16(20-9-11(8-19)21-15)12-3-1-2-4-14(12)18/h1-7,11,21H,8-9,19H2/i8+1. The summed E-state index contributed by atoms with van der Waals surface area (Å²) in [4.78, 5) is 4.56. The molecule has 0 bridgehead atoms. The summed E-state index contributed by atoms with van der Waals surface area (Å²) in [5.74, 6) is -0.298. The number of nitrogens with two attached hydrogens (primary N) is 1. The Labute approximate surface area is 127 Å². The van der Waals surface area contributed by atoms with Gasteiger partial charge in [-0.2, -0.15) is 0 Å². The Morgan fingerprint density at radius 2 is 2.05 bits per heavy atom. The molecule has 0 spiro atoms. The van der Waals surface area contributed by atoms with Crippen LogP contribution >= 0.6 is 11.6 Å². The fourth-order valence-electron chi connectivity index (χ4n) is 2.41. The highest BCUT2D eigenvalue weighted by molar-refractivity contribution is 6.31. The second-order valence-electron chi connectivity index (χ2n) is 4.94. The van der Waals surface area contributed by atoms with Gasteiger partial charge in [0.1, 0.15) is 5.82 Å². The first-order valence-electron chi connectivity index (χ1n) is 6.75. The minimum atomic E-state index is -0.298. The van der Waals surface area contributed by atoms with Crippen LogP contribution in [0.1, 0.15) is 11.1 Å². The Hall–Kier alpha value is -1.91. The van der Waals surface area contributed by atoms with E-state index >= 15 is 0 Å². The van der Waals surface area contributed by atoms with Crippen LogP contribution in [0.15, 0.2) is 47.5 Å². The van der Waals surface area contributed by atoms with E-state index in [1.54, 1.807) is 30.3 Å². The molecule has 1 aliphatic heterocycles. The Kier molecular flexibility index (Phi) is 3.90. The van der Waals surface area contributed by atoms with Crippen molar-refractivity contribution in [2.75, 3.05) is 18.4 Å². The van der Waals surface area contributed by atoms with Gasteiger partial charge in [-0.25, -0.2) is 4.39 Å². The van der Waals surface area contributed by atoms with Crippen LogP contribution in [0.5, 0.6) is 0 Å². The van der Waals surface area contributed by atoms with Crippen molar-refractivity contribution in [1.29, 1.82) is 0 Å². The van der Waals surface area contributed by atoms with Crippen molar-refractivity contribution in [3.8, 4) is 0 Å². The minimum Gasteiger partial charge on any atom is -0.379 e. The smallest absolute Gasteiger partial charge is 0.132 e. The van der Waals surface area contributed by atoms with E-state index in [1.165, 1.54) is 6.07 Å². The Balaban J connectivity index is 2.18. The highest BCUT2D eigenvalue weighted by Gasteiger charge is 2.20. The molecule has 1 heterocycles. The average Bonchev–Trinajstić information content (AvgIpc) is 2.67. The summed E-state index contributed by atoms with van der Waals surface area (Å²) in [5, 5.41) is 3.92. The molecule has 3 nitrogen and oxygen atoms in total. The van der Waals surface area contributed by atoms with E-state index in [4.69, 9.17) is 17.3 Å². The molecule has 1 unspecified atom stereocenters. The van der Waals surface area contributed by atoms with Crippen molar-refractivity contribution in [1.82, 2.24) is 0 Å². The third-order valence-electron chi connectivity index (χ3n) is 3.48. The van der Waals surface area contributed by atoms with Crippen LogP contribution in [0.3, 0.4) is 0 Å². The van der Waals surface area contributed by atoms with Gasteiger partial charge in [0.05, 0.1) is 18.3 Å². The SMILES string of the molecule is N[13CH2]C1CN=C(c2ccccc2F)c2cc(Cl)ccc2N1. The van der Waals surface area contributed by atoms with Crippen molar-refractivity contribution in [2.45, 2.75) is 6.04 Å². The van der Waals surface area contributed by atoms with Crippen molar-refractivity contribution < 1.29 is 4.39 Å². The number of rotatable bonds is 2. The molecule has 21 heavy (non-hydrogen) atoms. The summed E-state index contributed by atoms with van der Waals surface area (Å²) in [7, 11) is 0. The van der Waals surface area contributed by atoms with Gasteiger partial charge in [0.25, 0.3) is 0 Å². The van der Waals surface area contributed by atoms with Crippen LogP contribution in [0.4, 0.5) is 10.1 Å². The summed E-state index contributed by atoms with van der Waals surface area (Å²) in [6.45, 7) is 0.947. The molecule has 0 aliphatic carbocycles. The molecule has 0 saturated carbocycles. The van der Waals surface area contributed by atoms with Crippen molar-refractivity contribution >= 4 is 23.0 Å². The lowest BCUT2D eigenvalue weighted by Crippen LogP contribution is -2.31. The van der Waals surface area contributed by atoms with Gasteiger partial charge in [-0.1, -0.05) is 23.7 Å². The highest BCUT2D eigenvalue weighted by Crippen LogP contribution is 2.27. The molecule has 0 radical (unpaired) electrons. The molecule has 1 aliphatic rings. The molecule has 2 aromatic rings. The molecule has 0 amide bonds. The first-order chi connectivity index (χ1) is 10.2. The van der Waals surface area contributed by atoms with Crippen LogP contribution in [0.25, 0.3) is 0 Å². The number of hydrogen-bond acceptors (Lipinski definition) is 3. The molecule has 3 N–H and O–H groups in total. The first-order valence-corrected chi connectivity index (χ1v) is 7.12. The maximum absolute atomic E-state index is 14.1. The van der Waals surface area contributed by atoms with Gasteiger partial charge >= 0.3 is 0 Å². The van der Waals surface area contributed by atoms with E-state index in [2.05, 4.69) is 10.3 Å². The Bertz CT molecular complexity index is 700. The van der Waals surface area contributed by atoms with Gasteiger partial charge in [0, 0.05) is 28.4 Å². The van der Waals surface area contributed by atoms with E-state index in [9.17, 15) is 4.39 Å². The second kappa shape index (κ2) is 5.84. The van der Waals surface area contributed by atoms with Crippen LogP contribution < -0.4 is 11.1 Å². The van der Waals surface area contributed by atoms with Crippen LogP contribution in [0, 0.1) is 5.82 Å². The summed E-state index contributed by atoms with van der Waals surface area (Å²) in [6, 6.07) is 12.1. The minimum absolute atomic E-state index is 0.0224. The monoisotopic (exact) mass is 304 g/mol.